The Kier molecular flexibility index (Phi) is 8.30. The molecule has 2 amide bonds. The van der Waals surface area contributed by atoms with Crippen LogP contribution in [0.25, 0.3) is 11.1 Å². The number of anilines is 2. The lowest BCUT2D eigenvalue weighted by Crippen LogP contribution is -2.21. The van der Waals surface area contributed by atoms with Crippen LogP contribution in [0.5, 0.6) is 0 Å². The molecule has 0 aliphatic heterocycles. The Bertz CT molecular complexity index is 1210. The number of likely N-dealkylation sites (N-methyl/N-ethyl adjacent to an activating group) is 1. The van der Waals surface area contributed by atoms with Crippen LogP contribution in [0, 0.1) is 0 Å². The first kappa shape index (κ1) is 26.0. The molecule has 0 radical (unpaired) electrons. The number of carbonyl (C=O) groups excluding carboxylic acids is 2. The molecule has 0 aliphatic rings. The van der Waals surface area contributed by atoms with Crippen molar-refractivity contribution in [3.05, 3.63) is 65.6 Å². The van der Waals surface area contributed by atoms with Gasteiger partial charge in [-0.05, 0) is 33.2 Å². The van der Waals surface area contributed by atoms with Gasteiger partial charge < -0.3 is 15.5 Å². The summed E-state index contributed by atoms with van der Waals surface area (Å²) in [5.41, 5.74) is 1.78. The Hall–Kier alpha value is -3.64. The fourth-order valence-corrected chi connectivity index (χ4v) is 3.64. The van der Waals surface area contributed by atoms with Gasteiger partial charge >= 0.3 is 6.18 Å². The zero-order valence-electron chi connectivity index (χ0n) is 19.1. The van der Waals surface area contributed by atoms with Gasteiger partial charge in [-0.3, -0.25) is 14.6 Å². The molecular weight excluding hydrogens is 481 g/mol. The maximum absolute atomic E-state index is 12.9. The van der Waals surface area contributed by atoms with Gasteiger partial charge in [0.15, 0.2) is 5.13 Å². The third-order valence-corrected chi connectivity index (χ3v) is 5.73. The highest BCUT2D eigenvalue weighted by Crippen LogP contribution is 2.36. The zero-order chi connectivity index (χ0) is 25.6. The molecule has 0 saturated carbocycles. The van der Waals surface area contributed by atoms with Crippen molar-refractivity contribution in [2.45, 2.75) is 19.0 Å². The van der Waals surface area contributed by atoms with Crippen LogP contribution in [0.1, 0.15) is 23.3 Å². The van der Waals surface area contributed by atoms with E-state index in [-0.39, 0.29) is 10.9 Å². The van der Waals surface area contributed by atoms with E-state index in [1.54, 1.807) is 43.7 Å². The summed E-state index contributed by atoms with van der Waals surface area (Å²) in [5.74, 6) is -1.75. The molecule has 3 rings (SSSR count). The van der Waals surface area contributed by atoms with E-state index in [0.29, 0.717) is 35.2 Å². The van der Waals surface area contributed by atoms with Crippen LogP contribution in [0.3, 0.4) is 0 Å². The molecule has 0 bridgehead atoms. The van der Waals surface area contributed by atoms with E-state index in [1.165, 1.54) is 6.08 Å². The van der Waals surface area contributed by atoms with E-state index in [2.05, 4.69) is 25.6 Å². The Morgan fingerprint density at radius 3 is 2.54 bits per heavy atom. The Balaban J connectivity index is 1.88. The lowest BCUT2D eigenvalue weighted by Gasteiger charge is -2.17. The van der Waals surface area contributed by atoms with Gasteiger partial charge in [0.1, 0.15) is 10.7 Å². The first-order valence-corrected chi connectivity index (χ1v) is 11.2. The Morgan fingerprint density at radius 1 is 1.14 bits per heavy atom. The molecular formula is C23H23F3N6O2S. The number of halogens is 3. The fourth-order valence-electron chi connectivity index (χ4n) is 2.95. The maximum atomic E-state index is 12.9. The topological polar surface area (TPSA) is 100 Å². The minimum Gasteiger partial charge on any atom is -0.307 e. The number of hydrogen-bond acceptors (Lipinski definition) is 7. The van der Waals surface area contributed by atoms with Crippen LogP contribution in [-0.4, -0.2) is 52.3 Å². The van der Waals surface area contributed by atoms with E-state index in [0.717, 1.165) is 5.56 Å². The molecule has 12 heteroatoms. The smallest absolute Gasteiger partial charge is 0.307 e. The van der Waals surface area contributed by atoms with Crippen molar-refractivity contribution < 1.29 is 22.8 Å². The predicted octanol–water partition coefficient (Wildman–Crippen LogP) is 4.42. The molecule has 8 nitrogen and oxygen atoms in total. The number of rotatable bonds is 8. The number of aromatic nitrogens is 3. The van der Waals surface area contributed by atoms with Crippen LogP contribution >= 0.6 is 11.3 Å². The van der Waals surface area contributed by atoms with Crippen molar-refractivity contribution in [3.63, 3.8) is 0 Å². The molecule has 0 saturated heterocycles. The second kappa shape index (κ2) is 11.2. The largest absolute Gasteiger partial charge is 0.427 e. The molecule has 1 atom stereocenters. The highest BCUT2D eigenvalue weighted by molar-refractivity contribution is 7.15. The molecule has 3 aromatic rings. The molecule has 1 unspecified atom stereocenters. The predicted molar refractivity (Wildman–Crippen MR) is 128 cm³/mol. The Labute approximate surface area is 203 Å². The molecule has 0 fully saturated rings. The average Bonchev–Trinajstić information content (AvgIpc) is 3.28. The summed E-state index contributed by atoms with van der Waals surface area (Å²) in [6.07, 6.45) is 3.94. The van der Waals surface area contributed by atoms with E-state index >= 15 is 0 Å². The van der Waals surface area contributed by atoms with Crippen LogP contribution in [0.4, 0.5) is 24.1 Å². The second-order valence-corrected chi connectivity index (χ2v) is 8.83. The first-order chi connectivity index (χ1) is 16.5. The molecule has 0 spiro atoms. The van der Waals surface area contributed by atoms with Crippen molar-refractivity contribution >= 4 is 34.1 Å². The molecule has 0 aliphatic carbocycles. The minimum atomic E-state index is -4.55. The number of carbonyl (C=O) groups is 2. The van der Waals surface area contributed by atoms with Gasteiger partial charge in [-0.15, -0.1) is 0 Å². The van der Waals surface area contributed by atoms with Gasteiger partial charge in [0.2, 0.25) is 11.8 Å². The van der Waals surface area contributed by atoms with Gasteiger partial charge in [0.05, 0.1) is 12.1 Å². The summed E-state index contributed by atoms with van der Waals surface area (Å²) >= 11 is 0.332. The van der Waals surface area contributed by atoms with Crippen molar-refractivity contribution in [3.8, 4) is 11.1 Å². The Morgan fingerprint density at radius 2 is 1.91 bits per heavy atom. The summed E-state index contributed by atoms with van der Waals surface area (Å²) in [6, 6.07) is 5.25. The highest BCUT2D eigenvalue weighted by atomic mass is 32.1. The van der Waals surface area contributed by atoms with E-state index < -0.39 is 28.8 Å². The lowest BCUT2D eigenvalue weighted by molar-refractivity contribution is -0.134. The van der Waals surface area contributed by atoms with Gasteiger partial charge in [-0.25, -0.2) is 9.97 Å². The molecule has 184 valence electrons. The molecule has 3 aromatic heterocycles. The van der Waals surface area contributed by atoms with Crippen molar-refractivity contribution in [1.29, 1.82) is 0 Å². The van der Waals surface area contributed by atoms with Crippen LogP contribution in [0.2, 0.25) is 0 Å². The quantitative estimate of drug-likeness (QED) is 0.441. The second-order valence-electron chi connectivity index (χ2n) is 7.80. The summed E-state index contributed by atoms with van der Waals surface area (Å²) in [4.78, 5) is 38.3. The van der Waals surface area contributed by atoms with Crippen molar-refractivity contribution in [2.24, 2.45) is 0 Å². The molecule has 0 aromatic carbocycles. The molecule has 35 heavy (non-hydrogen) atoms. The van der Waals surface area contributed by atoms with E-state index in [4.69, 9.17) is 0 Å². The lowest BCUT2D eigenvalue weighted by atomic mass is 9.97. The number of pyridine rings is 2. The van der Waals surface area contributed by atoms with Crippen LogP contribution in [0.15, 0.2) is 55.1 Å². The minimum absolute atomic E-state index is 0.162. The standard InChI is InChI=1S/C23H23F3N6O2S/c1-14(21(34)31-22-29-13-18(35-22)23(24,25)26)17-10-16(15-6-4-8-27-11-15)12-28-20(17)30-19(33)7-5-9-32(2)3/h4-8,10-14H,9H2,1-3H3,(H,28,30,33)(H,29,31,34)/b7-5+. The van der Waals surface area contributed by atoms with Gasteiger partial charge in [-0.2, -0.15) is 13.2 Å². The number of thiazole rings is 1. The summed E-state index contributed by atoms with van der Waals surface area (Å²) in [7, 11) is 3.72. The third-order valence-electron chi connectivity index (χ3n) is 4.77. The van der Waals surface area contributed by atoms with Gasteiger partial charge in [0.25, 0.3) is 0 Å². The zero-order valence-corrected chi connectivity index (χ0v) is 19.9. The summed E-state index contributed by atoms with van der Waals surface area (Å²) < 4.78 is 38.6. The summed E-state index contributed by atoms with van der Waals surface area (Å²) in [5, 5.41) is 4.91. The summed E-state index contributed by atoms with van der Waals surface area (Å²) in [6.45, 7) is 2.12. The third kappa shape index (κ3) is 7.17. The normalized spacial score (nSPS) is 12.7. The maximum Gasteiger partial charge on any atom is 0.427 e. The number of nitrogens with one attached hydrogen (secondary N) is 2. The van der Waals surface area contributed by atoms with Gasteiger partial charge in [0, 0.05) is 47.9 Å². The SMILES string of the molecule is CC(C(=O)Nc1ncc(C(F)(F)F)s1)c1cc(-c2cccnc2)cnc1NC(=O)/C=C/CN(C)C. The average molecular weight is 505 g/mol. The van der Waals surface area contributed by atoms with Crippen molar-refractivity contribution in [1.82, 2.24) is 19.9 Å². The molecule has 3 heterocycles. The first-order valence-electron chi connectivity index (χ1n) is 10.4. The monoisotopic (exact) mass is 504 g/mol. The highest BCUT2D eigenvalue weighted by Gasteiger charge is 2.33. The molecule has 2 N–H and O–H groups in total. The fraction of sp³-hybridized carbons (Fsp3) is 0.261. The number of alkyl halides is 3. The number of hydrogen-bond donors (Lipinski definition) is 2. The van der Waals surface area contributed by atoms with Gasteiger partial charge in [-0.1, -0.05) is 23.5 Å². The van der Waals surface area contributed by atoms with Crippen molar-refractivity contribution in [2.75, 3.05) is 31.3 Å². The van der Waals surface area contributed by atoms with Crippen LogP contribution < -0.4 is 10.6 Å². The van der Waals surface area contributed by atoms with E-state index in [1.807, 2.05) is 25.1 Å². The number of amides is 2. The van der Waals surface area contributed by atoms with E-state index in [9.17, 15) is 22.8 Å². The van der Waals surface area contributed by atoms with Crippen LogP contribution in [-0.2, 0) is 15.8 Å². The number of nitrogens with zero attached hydrogens (tertiary/aromatic N) is 4.